The molecule has 0 aliphatic rings. The number of ether oxygens (including phenoxy) is 1. The second-order valence-electron chi connectivity index (χ2n) is 4.16. The molecule has 2 aromatic rings. The highest BCUT2D eigenvalue weighted by molar-refractivity contribution is 5.72. The number of nitriles is 1. The van der Waals surface area contributed by atoms with Crippen molar-refractivity contribution >= 4 is 0 Å². The Morgan fingerprint density at radius 3 is 1.87 bits per heavy atom. The van der Waals surface area contributed by atoms with Crippen molar-refractivity contribution in [2.45, 2.75) is 6.36 Å². The van der Waals surface area contributed by atoms with E-state index in [9.17, 15) is 30.7 Å². The zero-order chi connectivity index (χ0) is 17.4. The predicted molar refractivity (Wildman–Crippen MR) is 63.1 cm³/mol. The third kappa shape index (κ3) is 3.06. The van der Waals surface area contributed by atoms with Crippen LogP contribution in [0.1, 0.15) is 5.56 Å². The van der Waals surface area contributed by atoms with E-state index in [0.29, 0.717) is 0 Å². The third-order valence-electron chi connectivity index (χ3n) is 2.76. The first kappa shape index (κ1) is 16.6. The van der Waals surface area contributed by atoms with E-state index in [1.807, 2.05) is 0 Å². The van der Waals surface area contributed by atoms with Crippen LogP contribution in [0.3, 0.4) is 0 Å². The van der Waals surface area contributed by atoms with Crippen LogP contribution in [0, 0.1) is 34.6 Å². The SMILES string of the molecule is N#Cc1c(F)c(F)c(-c2ccccc2OC(F)(F)F)c(F)c1F. The minimum absolute atomic E-state index is 0.718. The van der Waals surface area contributed by atoms with Crippen LogP contribution in [0.2, 0.25) is 0 Å². The van der Waals surface area contributed by atoms with Gasteiger partial charge in [-0.25, -0.2) is 17.6 Å². The molecule has 9 heteroatoms. The molecule has 0 amide bonds. The van der Waals surface area contributed by atoms with E-state index in [4.69, 9.17) is 5.26 Å². The van der Waals surface area contributed by atoms with Crippen LogP contribution >= 0.6 is 0 Å². The van der Waals surface area contributed by atoms with Crippen LogP contribution in [0.15, 0.2) is 24.3 Å². The van der Waals surface area contributed by atoms with E-state index in [2.05, 4.69) is 4.74 Å². The number of alkyl halides is 3. The zero-order valence-electron chi connectivity index (χ0n) is 10.8. The highest BCUT2D eigenvalue weighted by Crippen LogP contribution is 2.38. The van der Waals surface area contributed by atoms with Crippen LogP contribution in [-0.4, -0.2) is 6.36 Å². The largest absolute Gasteiger partial charge is 0.573 e. The molecule has 0 saturated carbocycles. The lowest BCUT2D eigenvalue weighted by Gasteiger charge is -2.15. The van der Waals surface area contributed by atoms with Gasteiger partial charge in [0.25, 0.3) is 0 Å². The second-order valence-corrected chi connectivity index (χ2v) is 4.16. The monoisotopic (exact) mass is 335 g/mol. The highest BCUT2D eigenvalue weighted by atomic mass is 19.4. The smallest absolute Gasteiger partial charge is 0.405 e. The molecule has 0 atom stereocenters. The Kier molecular flexibility index (Phi) is 4.18. The Balaban J connectivity index is 2.77. The van der Waals surface area contributed by atoms with Crippen molar-refractivity contribution in [3.8, 4) is 22.9 Å². The van der Waals surface area contributed by atoms with Crippen LogP contribution < -0.4 is 4.74 Å². The fourth-order valence-electron chi connectivity index (χ4n) is 1.85. The molecule has 2 rings (SSSR count). The Labute approximate surface area is 124 Å². The summed E-state index contributed by atoms with van der Waals surface area (Å²) in [5.74, 6) is -9.08. The average Bonchev–Trinajstić information content (AvgIpc) is 2.46. The summed E-state index contributed by atoms with van der Waals surface area (Å²) in [6.07, 6.45) is -5.19. The molecule has 0 unspecified atom stereocenters. The minimum Gasteiger partial charge on any atom is -0.405 e. The lowest BCUT2D eigenvalue weighted by molar-refractivity contribution is -0.274. The first-order valence-corrected chi connectivity index (χ1v) is 5.78. The molecule has 0 N–H and O–H groups in total. The molecule has 0 fully saturated rings. The topological polar surface area (TPSA) is 33.0 Å². The predicted octanol–water partition coefficient (Wildman–Crippen LogP) is 4.68. The summed E-state index contributed by atoms with van der Waals surface area (Å²) in [6.45, 7) is 0. The molecule has 0 spiro atoms. The number of nitrogens with zero attached hydrogens (tertiary/aromatic N) is 1. The molecule has 0 heterocycles. The van der Waals surface area contributed by atoms with Gasteiger partial charge in [0.05, 0.1) is 5.56 Å². The molecular weight excluding hydrogens is 331 g/mol. The van der Waals surface area contributed by atoms with Gasteiger partial charge in [-0.1, -0.05) is 18.2 Å². The van der Waals surface area contributed by atoms with E-state index < -0.39 is 52.1 Å². The van der Waals surface area contributed by atoms with E-state index in [-0.39, 0.29) is 0 Å². The van der Waals surface area contributed by atoms with Gasteiger partial charge in [-0.15, -0.1) is 13.2 Å². The van der Waals surface area contributed by atoms with Gasteiger partial charge < -0.3 is 4.74 Å². The molecule has 120 valence electrons. The Hall–Kier alpha value is -2.76. The van der Waals surface area contributed by atoms with Crippen molar-refractivity contribution in [3.05, 3.63) is 53.1 Å². The lowest BCUT2D eigenvalue weighted by Crippen LogP contribution is -2.18. The first-order valence-electron chi connectivity index (χ1n) is 5.78. The highest BCUT2D eigenvalue weighted by Gasteiger charge is 2.34. The lowest BCUT2D eigenvalue weighted by atomic mass is 10.0. The maximum atomic E-state index is 13.9. The molecule has 0 aliphatic carbocycles. The summed E-state index contributed by atoms with van der Waals surface area (Å²) in [5.41, 5.74) is -3.78. The molecule has 23 heavy (non-hydrogen) atoms. The molecular formula is C14H4F7NO. The van der Waals surface area contributed by atoms with Crippen molar-refractivity contribution in [3.63, 3.8) is 0 Å². The number of halogens is 7. The summed E-state index contributed by atoms with van der Waals surface area (Å²) in [6, 6.07) is 4.59. The summed E-state index contributed by atoms with van der Waals surface area (Å²) in [4.78, 5) is 0. The van der Waals surface area contributed by atoms with E-state index >= 15 is 0 Å². The van der Waals surface area contributed by atoms with Crippen molar-refractivity contribution in [2.24, 2.45) is 0 Å². The van der Waals surface area contributed by atoms with Crippen molar-refractivity contribution in [1.82, 2.24) is 0 Å². The van der Waals surface area contributed by atoms with E-state index in [1.165, 1.54) is 0 Å². The Morgan fingerprint density at radius 2 is 1.39 bits per heavy atom. The summed E-state index contributed by atoms with van der Waals surface area (Å²) >= 11 is 0. The summed E-state index contributed by atoms with van der Waals surface area (Å²) < 4.78 is 95.6. The normalized spacial score (nSPS) is 11.2. The Morgan fingerprint density at radius 1 is 0.870 bits per heavy atom. The van der Waals surface area contributed by atoms with Gasteiger partial charge >= 0.3 is 6.36 Å². The van der Waals surface area contributed by atoms with Crippen molar-refractivity contribution in [1.29, 1.82) is 5.26 Å². The third-order valence-corrected chi connectivity index (χ3v) is 2.76. The first-order chi connectivity index (χ1) is 10.7. The number of hydrogen-bond donors (Lipinski definition) is 0. The fraction of sp³-hybridized carbons (Fsp3) is 0.0714. The standard InChI is InChI=1S/C14H4F7NO/c15-10-7(5-22)11(16)13(18)9(12(10)17)6-3-1-2-4-8(6)23-14(19,20)21/h1-4H. The summed E-state index contributed by atoms with van der Waals surface area (Å²) in [7, 11) is 0. The van der Waals surface area contributed by atoms with Gasteiger partial charge in [-0.05, 0) is 6.07 Å². The second kappa shape index (κ2) is 5.79. The summed E-state index contributed by atoms with van der Waals surface area (Å²) in [5, 5.41) is 8.48. The average molecular weight is 335 g/mol. The minimum atomic E-state index is -5.19. The van der Waals surface area contributed by atoms with Crippen molar-refractivity contribution < 1.29 is 35.5 Å². The number of para-hydroxylation sites is 1. The van der Waals surface area contributed by atoms with Gasteiger partial charge in [-0.3, -0.25) is 0 Å². The number of rotatable bonds is 2. The van der Waals surface area contributed by atoms with Crippen LogP contribution in [-0.2, 0) is 0 Å². The van der Waals surface area contributed by atoms with Crippen LogP contribution in [0.5, 0.6) is 5.75 Å². The molecule has 0 aliphatic heterocycles. The number of benzene rings is 2. The van der Waals surface area contributed by atoms with Gasteiger partial charge in [0.1, 0.15) is 17.4 Å². The molecule has 0 saturated heterocycles. The molecule has 0 radical (unpaired) electrons. The fourth-order valence-corrected chi connectivity index (χ4v) is 1.85. The molecule has 0 aromatic heterocycles. The van der Waals surface area contributed by atoms with E-state index in [0.717, 1.165) is 30.3 Å². The van der Waals surface area contributed by atoms with Gasteiger partial charge in [-0.2, -0.15) is 5.26 Å². The van der Waals surface area contributed by atoms with Crippen LogP contribution in [0.25, 0.3) is 11.1 Å². The number of hydrogen-bond acceptors (Lipinski definition) is 2. The van der Waals surface area contributed by atoms with Gasteiger partial charge in [0, 0.05) is 5.56 Å². The van der Waals surface area contributed by atoms with Crippen molar-refractivity contribution in [2.75, 3.05) is 0 Å². The molecule has 2 nitrogen and oxygen atoms in total. The Bertz CT molecular complexity index is 779. The maximum absolute atomic E-state index is 13.9. The van der Waals surface area contributed by atoms with Crippen LogP contribution in [0.4, 0.5) is 30.7 Å². The van der Waals surface area contributed by atoms with Gasteiger partial charge in [0.2, 0.25) is 0 Å². The van der Waals surface area contributed by atoms with Gasteiger partial charge in [0.15, 0.2) is 23.3 Å². The maximum Gasteiger partial charge on any atom is 0.573 e. The zero-order valence-corrected chi connectivity index (χ0v) is 10.8. The molecule has 2 aromatic carbocycles. The quantitative estimate of drug-likeness (QED) is 0.590. The van der Waals surface area contributed by atoms with E-state index in [1.54, 1.807) is 0 Å². The molecule has 0 bridgehead atoms.